The number of rotatable bonds is 0. The van der Waals surface area contributed by atoms with Crippen molar-refractivity contribution in [3.8, 4) is 0 Å². The number of allylic oxidation sites excluding steroid dienone is 1. The monoisotopic (exact) mass is 418 g/mol. The lowest BCUT2D eigenvalue weighted by molar-refractivity contribution is -0.344. The van der Waals surface area contributed by atoms with Crippen LogP contribution < -0.4 is 0 Å². The normalized spacial score (nSPS) is 57.7. The molecule has 0 aromatic rings. The molecule has 0 aromatic heterocycles. The highest BCUT2D eigenvalue weighted by Gasteiger charge is 2.65. The van der Waals surface area contributed by atoms with E-state index in [0.717, 1.165) is 25.7 Å². The molecule has 4 aliphatic carbocycles. The molecule has 4 saturated heterocycles. The van der Waals surface area contributed by atoms with Crippen LogP contribution in [0.5, 0.6) is 0 Å². The van der Waals surface area contributed by atoms with Crippen molar-refractivity contribution in [1.82, 2.24) is 0 Å². The van der Waals surface area contributed by atoms with Gasteiger partial charge in [0.2, 0.25) is 0 Å². The summed E-state index contributed by atoms with van der Waals surface area (Å²) in [6.07, 6.45) is 8.44. The average Bonchev–Trinajstić information content (AvgIpc) is 3.05. The van der Waals surface area contributed by atoms with Crippen LogP contribution in [0.3, 0.4) is 0 Å². The fourth-order valence-corrected chi connectivity index (χ4v) is 9.06. The highest BCUT2D eigenvalue weighted by molar-refractivity contribution is 5.29. The number of aliphatic hydroxyl groups is 1. The molecule has 0 radical (unpaired) electrons. The van der Waals surface area contributed by atoms with Gasteiger partial charge in [-0.3, -0.25) is 0 Å². The number of hydrogen-bond donors (Lipinski definition) is 1. The van der Waals surface area contributed by atoms with Crippen LogP contribution in [0.2, 0.25) is 0 Å². The molecule has 1 spiro atoms. The number of fused-ring (bicyclic) bond motifs is 1. The second-order valence-electron chi connectivity index (χ2n) is 11.5. The van der Waals surface area contributed by atoms with Crippen LogP contribution in [-0.2, 0) is 18.9 Å². The first-order valence-electron chi connectivity index (χ1n) is 12.3. The Morgan fingerprint density at radius 1 is 0.967 bits per heavy atom. The molecule has 5 heterocycles. The summed E-state index contributed by atoms with van der Waals surface area (Å²) in [5.74, 6) is 1.34. The Labute approximate surface area is 180 Å². The van der Waals surface area contributed by atoms with Crippen LogP contribution in [-0.4, -0.2) is 55.6 Å². The van der Waals surface area contributed by atoms with Crippen molar-refractivity contribution in [1.29, 1.82) is 0 Å². The summed E-state index contributed by atoms with van der Waals surface area (Å²) in [5, 5.41) is 11.7. The first-order valence-corrected chi connectivity index (χ1v) is 12.3. The van der Waals surface area contributed by atoms with Gasteiger partial charge in [0, 0.05) is 6.42 Å². The first-order chi connectivity index (χ1) is 14.4. The Balaban J connectivity index is 1.47. The van der Waals surface area contributed by atoms with Crippen molar-refractivity contribution in [2.45, 2.75) is 83.4 Å². The molecule has 30 heavy (non-hydrogen) atoms. The van der Waals surface area contributed by atoms with Gasteiger partial charge in [-0.05, 0) is 73.5 Å². The molecule has 0 amide bonds. The SMILES string of the molecule is CC1OCCOC23CC4=CC[C@@H]5C([C@H](O)C[C@]6(C)[C@@H]1CC[C@H]56)[C@@]4(C)CC2OCCO3. The fraction of sp³-hybridized carbons (Fsp3) is 0.920. The standard InChI is InChI=1S/C25H38O5/c1-15-18-6-7-19-17-5-4-16-12-25(29-10-8-27-15)21(28-9-11-30-25)14-23(16,2)22(17)20(26)13-24(18,19)3/h4,15,17-22,26H,5-14H2,1-3H3/t15?,17-,18+,19+,20+,21?,22?,23-,24+,25?/m0/s1. The zero-order valence-corrected chi connectivity index (χ0v) is 18.8. The summed E-state index contributed by atoms with van der Waals surface area (Å²) in [6, 6.07) is 0. The van der Waals surface area contributed by atoms with E-state index in [-0.39, 0.29) is 29.1 Å². The van der Waals surface area contributed by atoms with E-state index in [1.807, 2.05) is 0 Å². The van der Waals surface area contributed by atoms with Crippen LogP contribution >= 0.6 is 0 Å². The van der Waals surface area contributed by atoms with E-state index >= 15 is 0 Å². The lowest BCUT2D eigenvalue weighted by Gasteiger charge is -2.62. The molecule has 7 fully saturated rings. The molecule has 5 aliphatic heterocycles. The molecule has 10 atom stereocenters. The van der Waals surface area contributed by atoms with Crippen molar-refractivity contribution >= 4 is 0 Å². The topological polar surface area (TPSA) is 57.2 Å². The quantitative estimate of drug-likeness (QED) is 0.608. The van der Waals surface area contributed by atoms with Gasteiger partial charge in [0.05, 0.1) is 38.6 Å². The van der Waals surface area contributed by atoms with Crippen molar-refractivity contribution in [3.05, 3.63) is 11.6 Å². The molecule has 0 aromatic carbocycles. The fourth-order valence-electron chi connectivity index (χ4n) is 9.06. The molecular weight excluding hydrogens is 380 g/mol. The first kappa shape index (κ1) is 20.2. The zero-order chi connectivity index (χ0) is 20.7. The van der Waals surface area contributed by atoms with Gasteiger partial charge in [-0.1, -0.05) is 25.5 Å². The minimum atomic E-state index is -0.694. The van der Waals surface area contributed by atoms with E-state index in [1.165, 1.54) is 18.4 Å². The highest BCUT2D eigenvalue weighted by Crippen LogP contribution is 2.67. The van der Waals surface area contributed by atoms with Crippen molar-refractivity contribution in [3.63, 3.8) is 0 Å². The predicted molar refractivity (Wildman–Crippen MR) is 112 cm³/mol. The van der Waals surface area contributed by atoms with Crippen molar-refractivity contribution in [2.24, 2.45) is 34.5 Å². The largest absolute Gasteiger partial charge is 0.393 e. The summed E-state index contributed by atoms with van der Waals surface area (Å²) in [6.45, 7) is 9.40. The van der Waals surface area contributed by atoms with E-state index in [4.69, 9.17) is 18.9 Å². The third kappa shape index (κ3) is 2.59. The second-order valence-corrected chi connectivity index (χ2v) is 11.5. The van der Waals surface area contributed by atoms with Gasteiger partial charge in [0.1, 0.15) is 6.10 Å². The van der Waals surface area contributed by atoms with Crippen LogP contribution in [0.25, 0.3) is 0 Å². The second kappa shape index (κ2) is 6.77. The van der Waals surface area contributed by atoms with E-state index < -0.39 is 5.79 Å². The Hall–Kier alpha value is -0.460. The highest BCUT2D eigenvalue weighted by atomic mass is 16.7. The van der Waals surface area contributed by atoms with Gasteiger partial charge < -0.3 is 24.1 Å². The molecule has 168 valence electrons. The summed E-state index contributed by atoms with van der Waals surface area (Å²) >= 11 is 0. The number of aliphatic hydroxyl groups excluding tert-OH is 1. The maximum absolute atomic E-state index is 11.7. The average molecular weight is 419 g/mol. The van der Waals surface area contributed by atoms with Crippen LogP contribution in [0, 0.1) is 34.5 Å². The molecule has 9 rings (SSSR count). The maximum Gasteiger partial charge on any atom is 0.198 e. The van der Waals surface area contributed by atoms with E-state index in [2.05, 4.69) is 26.8 Å². The Bertz CT molecular complexity index is 737. The maximum atomic E-state index is 11.7. The Morgan fingerprint density at radius 3 is 2.50 bits per heavy atom. The van der Waals surface area contributed by atoms with Gasteiger partial charge in [-0.25, -0.2) is 0 Å². The molecule has 4 unspecified atom stereocenters. The number of hydrogen-bond acceptors (Lipinski definition) is 5. The molecule has 9 aliphatic rings. The molecule has 5 heteroatoms. The smallest absolute Gasteiger partial charge is 0.198 e. The lowest BCUT2D eigenvalue weighted by Crippen LogP contribution is -2.64. The summed E-state index contributed by atoms with van der Waals surface area (Å²) in [5.41, 5.74) is 1.55. The summed E-state index contributed by atoms with van der Waals surface area (Å²) < 4.78 is 25.4. The van der Waals surface area contributed by atoms with E-state index in [1.54, 1.807) is 0 Å². The lowest BCUT2D eigenvalue weighted by atomic mass is 9.46. The van der Waals surface area contributed by atoms with E-state index in [0.29, 0.717) is 50.1 Å². The van der Waals surface area contributed by atoms with Crippen LogP contribution in [0.1, 0.15) is 59.3 Å². The number of ether oxygens (including phenoxy) is 4. The van der Waals surface area contributed by atoms with Crippen LogP contribution in [0.15, 0.2) is 11.6 Å². The van der Waals surface area contributed by atoms with Crippen molar-refractivity contribution < 1.29 is 24.1 Å². The molecule has 5 nitrogen and oxygen atoms in total. The van der Waals surface area contributed by atoms with Crippen LogP contribution in [0.4, 0.5) is 0 Å². The molecule has 3 saturated carbocycles. The van der Waals surface area contributed by atoms with Gasteiger partial charge in [0.25, 0.3) is 0 Å². The minimum absolute atomic E-state index is 0.0355. The Morgan fingerprint density at radius 2 is 1.70 bits per heavy atom. The molecule has 1 N–H and O–H groups in total. The third-order valence-corrected chi connectivity index (χ3v) is 10.3. The van der Waals surface area contributed by atoms with Gasteiger partial charge in [-0.15, -0.1) is 0 Å². The minimum Gasteiger partial charge on any atom is -0.393 e. The summed E-state index contributed by atoms with van der Waals surface area (Å²) in [4.78, 5) is 0. The molecular formula is C25H38O5. The third-order valence-electron chi connectivity index (χ3n) is 10.3. The zero-order valence-electron chi connectivity index (χ0n) is 18.8. The molecule has 8 bridgehead atoms. The Kier molecular flexibility index (Phi) is 4.55. The van der Waals surface area contributed by atoms with Gasteiger partial charge >= 0.3 is 0 Å². The van der Waals surface area contributed by atoms with Gasteiger partial charge in [-0.2, -0.15) is 0 Å². The van der Waals surface area contributed by atoms with Gasteiger partial charge in [0.15, 0.2) is 5.79 Å². The van der Waals surface area contributed by atoms with E-state index in [9.17, 15) is 5.11 Å². The van der Waals surface area contributed by atoms with Crippen molar-refractivity contribution in [2.75, 3.05) is 26.4 Å². The predicted octanol–water partition coefficient (Wildman–Crippen LogP) is 3.69. The summed E-state index contributed by atoms with van der Waals surface area (Å²) in [7, 11) is 0.